The molecule has 0 amide bonds. The van der Waals surface area contributed by atoms with Crippen molar-refractivity contribution in [3.63, 3.8) is 0 Å². The van der Waals surface area contributed by atoms with Crippen LogP contribution < -0.4 is 9.46 Å². The molecule has 150 valence electrons. The van der Waals surface area contributed by atoms with Gasteiger partial charge >= 0.3 is 0 Å². The molecular weight excluding hydrogens is 372 g/mol. The smallest absolute Gasteiger partial charge is 0.209 e. The van der Waals surface area contributed by atoms with Gasteiger partial charge in [0.1, 0.15) is 12.4 Å². The van der Waals surface area contributed by atoms with E-state index in [1.807, 2.05) is 18.2 Å². The van der Waals surface area contributed by atoms with Crippen molar-refractivity contribution >= 4 is 10.0 Å². The van der Waals surface area contributed by atoms with E-state index in [-0.39, 0.29) is 0 Å². The molecule has 0 aromatic heterocycles. The highest BCUT2D eigenvalue weighted by Crippen LogP contribution is 2.39. The first kappa shape index (κ1) is 19.4. The van der Waals surface area contributed by atoms with E-state index in [2.05, 4.69) is 40.0 Å². The number of nitrogens with zero attached hydrogens (tertiary/aromatic N) is 1. The largest absolute Gasteiger partial charge is 0.492 e. The first-order valence-electron chi connectivity index (χ1n) is 9.98. The van der Waals surface area contributed by atoms with Crippen molar-refractivity contribution in [3.05, 3.63) is 65.2 Å². The molecule has 6 heteroatoms. The average molecular weight is 401 g/mol. The molecule has 28 heavy (non-hydrogen) atoms. The molecule has 0 saturated carbocycles. The molecule has 4 rings (SSSR count). The van der Waals surface area contributed by atoms with E-state index in [9.17, 15) is 8.42 Å². The van der Waals surface area contributed by atoms with Crippen molar-refractivity contribution in [2.24, 2.45) is 0 Å². The van der Waals surface area contributed by atoms with Gasteiger partial charge in [-0.3, -0.25) is 4.90 Å². The predicted molar refractivity (Wildman–Crippen MR) is 111 cm³/mol. The summed E-state index contributed by atoms with van der Waals surface area (Å²) < 4.78 is 31.7. The summed E-state index contributed by atoms with van der Waals surface area (Å²) in [5.74, 6) is 1.27. The second-order valence-corrected chi connectivity index (χ2v) is 9.72. The van der Waals surface area contributed by atoms with Crippen LogP contribution in [0.15, 0.2) is 48.5 Å². The molecule has 1 N–H and O–H groups in total. The number of rotatable bonds is 6. The molecule has 2 atom stereocenters. The second-order valence-electron chi connectivity index (χ2n) is 7.88. The Bertz CT molecular complexity index is 909. The summed E-state index contributed by atoms with van der Waals surface area (Å²) >= 11 is 0. The Hall–Kier alpha value is -1.89. The summed E-state index contributed by atoms with van der Waals surface area (Å²) in [5, 5.41) is 0. The average Bonchev–Trinajstić information content (AvgIpc) is 3.21. The zero-order chi connectivity index (χ0) is 19.6. The van der Waals surface area contributed by atoms with E-state index in [0.717, 1.165) is 30.8 Å². The number of ether oxygens (including phenoxy) is 1. The van der Waals surface area contributed by atoms with Crippen LogP contribution in [0.3, 0.4) is 0 Å². The minimum Gasteiger partial charge on any atom is -0.492 e. The fraction of sp³-hybridized carbons (Fsp3) is 0.455. The van der Waals surface area contributed by atoms with Gasteiger partial charge in [-0.15, -0.1) is 0 Å². The molecule has 1 saturated heterocycles. The zero-order valence-corrected chi connectivity index (χ0v) is 17.1. The van der Waals surface area contributed by atoms with Crippen LogP contribution in [-0.4, -0.2) is 45.3 Å². The molecule has 2 aromatic carbocycles. The van der Waals surface area contributed by atoms with Crippen LogP contribution in [-0.2, 0) is 23.0 Å². The molecular formula is C22H28N2O3S. The number of hydrogen-bond donors (Lipinski definition) is 1. The van der Waals surface area contributed by atoms with Gasteiger partial charge in [0.2, 0.25) is 10.0 Å². The quantitative estimate of drug-likeness (QED) is 0.810. The topological polar surface area (TPSA) is 58.6 Å². The number of hydrogen-bond acceptors (Lipinski definition) is 4. The fourth-order valence-electron chi connectivity index (χ4n) is 4.39. The molecule has 2 aliphatic rings. The lowest BCUT2D eigenvalue weighted by Gasteiger charge is -2.39. The summed E-state index contributed by atoms with van der Waals surface area (Å²) in [6.45, 7) is 3.28. The Kier molecular flexibility index (Phi) is 5.71. The first-order chi connectivity index (χ1) is 13.5. The van der Waals surface area contributed by atoms with Crippen molar-refractivity contribution in [2.75, 3.05) is 26.0 Å². The fourth-order valence-corrected chi connectivity index (χ4v) is 4.82. The highest BCUT2D eigenvalue weighted by Gasteiger charge is 2.36. The van der Waals surface area contributed by atoms with E-state index < -0.39 is 10.0 Å². The summed E-state index contributed by atoms with van der Waals surface area (Å²) in [5.41, 5.74) is 3.48. The Balaban J connectivity index is 1.65. The van der Waals surface area contributed by atoms with Crippen molar-refractivity contribution in [1.29, 1.82) is 0 Å². The molecule has 5 nitrogen and oxygen atoms in total. The SMILES string of the molecule is CS(=O)(=O)NCc1ccc2c(c1)[C@H](Cc1ccccc1)[C@H](N1CCCC1)CO2. The number of fused-ring (bicyclic) bond motifs is 1. The second kappa shape index (κ2) is 8.23. The zero-order valence-electron chi connectivity index (χ0n) is 16.3. The van der Waals surface area contributed by atoms with Gasteiger partial charge in [0.25, 0.3) is 0 Å². The van der Waals surface area contributed by atoms with Gasteiger partial charge < -0.3 is 4.74 Å². The minimum atomic E-state index is -3.22. The maximum Gasteiger partial charge on any atom is 0.209 e. The highest BCUT2D eigenvalue weighted by molar-refractivity contribution is 7.88. The monoisotopic (exact) mass is 400 g/mol. The van der Waals surface area contributed by atoms with Crippen molar-refractivity contribution in [3.8, 4) is 5.75 Å². The van der Waals surface area contributed by atoms with Crippen LogP contribution in [0, 0.1) is 0 Å². The third-order valence-corrected chi connectivity index (χ3v) is 6.46. The Morgan fingerprint density at radius 3 is 2.54 bits per heavy atom. The van der Waals surface area contributed by atoms with Crippen LogP contribution in [0.25, 0.3) is 0 Å². The number of likely N-dealkylation sites (tertiary alicyclic amines) is 1. The van der Waals surface area contributed by atoms with Gasteiger partial charge in [0.05, 0.1) is 12.3 Å². The molecule has 1 fully saturated rings. The number of sulfonamides is 1. The maximum absolute atomic E-state index is 11.5. The van der Waals surface area contributed by atoms with Crippen molar-refractivity contribution < 1.29 is 13.2 Å². The van der Waals surface area contributed by atoms with Crippen LogP contribution >= 0.6 is 0 Å². The Morgan fingerprint density at radius 2 is 1.82 bits per heavy atom. The Labute approximate surface area is 167 Å². The normalized spacial score (nSPS) is 22.6. The van der Waals surface area contributed by atoms with Crippen LogP contribution in [0.2, 0.25) is 0 Å². The predicted octanol–water partition coefficient (Wildman–Crippen LogP) is 2.92. The molecule has 2 aliphatic heterocycles. The van der Waals surface area contributed by atoms with E-state index in [0.29, 0.717) is 25.1 Å². The number of benzene rings is 2. The Morgan fingerprint density at radius 1 is 1.07 bits per heavy atom. The van der Waals surface area contributed by atoms with Gasteiger partial charge in [-0.1, -0.05) is 42.5 Å². The van der Waals surface area contributed by atoms with Gasteiger partial charge in [0, 0.05) is 12.5 Å². The lowest BCUT2D eigenvalue weighted by atomic mass is 9.82. The molecule has 2 aromatic rings. The number of nitrogens with one attached hydrogen (secondary N) is 1. The molecule has 0 unspecified atom stereocenters. The molecule has 0 bridgehead atoms. The molecule has 0 spiro atoms. The van der Waals surface area contributed by atoms with Gasteiger partial charge in [0.15, 0.2) is 0 Å². The lowest BCUT2D eigenvalue weighted by Crippen LogP contribution is -2.45. The van der Waals surface area contributed by atoms with Crippen molar-refractivity contribution in [2.45, 2.75) is 37.8 Å². The van der Waals surface area contributed by atoms with E-state index in [1.54, 1.807) is 0 Å². The molecule has 0 aliphatic carbocycles. The van der Waals surface area contributed by atoms with E-state index in [1.165, 1.54) is 30.2 Å². The van der Waals surface area contributed by atoms with E-state index >= 15 is 0 Å². The lowest BCUT2D eigenvalue weighted by molar-refractivity contribution is 0.116. The van der Waals surface area contributed by atoms with Gasteiger partial charge in [-0.25, -0.2) is 13.1 Å². The summed E-state index contributed by atoms with van der Waals surface area (Å²) in [4.78, 5) is 2.57. The molecule has 0 radical (unpaired) electrons. The van der Waals surface area contributed by atoms with Crippen LogP contribution in [0.5, 0.6) is 5.75 Å². The third-order valence-electron chi connectivity index (χ3n) is 5.79. The van der Waals surface area contributed by atoms with Gasteiger partial charge in [-0.05, 0) is 55.1 Å². The van der Waals surface area contributed by atoms with Crippen LogP contribution in [0.1, 0.15) is 35.4 Å². The summed E-state index contributed by atoms with van der Waals surface area (Å²) in [7, 11) is -3.22. The first-order valence-corrected chi connectivity index (χ1v) is 11.9. The summed E-state index contributed by atoms with van der Waals surface area (Å²) in [6.07, 6.45) is 4.65. The minimum absolute atomic E-state index is 0.304. The standard InChI is InChI=1S/C22H28N2O3S/c1-28(25,26)23-15-18-9-10-22-20(14-18)19(13-17-7-3-2-4-8-17)21(16-27-22)24-11-5-6-12-24/h2-4,7-10,14,19,21,23H,5-6,11-13,15-16H2,1H3/t19-,21+/m0/s1. The van der Waals surface area contributed by atoms with E-state index in [4.69, 9.17) is 4.74 Å². The third kappa shape index (κ3) is 4.57. The molecule has 2 heterocycles. The highest BCUT2D eigenvalue weighted by atomic mass is 32.2. The van der Waals surface area contributed by atoms with Gasteiger partial charge in [-0.2, -0.15) is 0 Å². The summed E-state index contributed by atoms with van der Waals surface area (Å²) in [6, 6.07) is 17.0. The van der Waals surface area contributed by atoms with Crippen molar-refractivity contribution in [1.82, 2.24) is 9.62 Å². The maximum atomic E-state index is 11.5. The van der Waals surface area contributed by atoms with Crippen LogP contribution in [0.4, 0.5) is 0 Å².